The van der Waals surface area contributed by atoms with Crippen LogP contribution in [0.2, 0.25) is 0 Å². The van der Waals surface area contributed by atoms with Crippen LogP contribution < -0.4 is 5.32 Å². The van der Waals surface area contributed by atoms with Crippen molar-refractivity contribution in [3.8, 4) is 0 Å². The fourth-order valence-electron chi connectivity index (χ4n) is 3.56. The molecule has 4 heteroatoms. The zero-order chi connectivity index (χ0) is 18.4. The normalized spacial score (nSPS) is 16.1. The van der Waals surface area contributed by atoms with E-state index in [0.717, 1.165) is 56.6 Å². The van der Waals surface area contributed by atoms with Crippen molar-refractivity contribution in [1.82, 2.24) is 10.2 Å². The van der Waals surface area contributed by atoms with Gasteiger partial charge >= 0.3 is 0 Å². The predicted molar refractivity (Wildman–Crippen MR) is 103 cm³/mol. The first-order chi connectivity index (χ1) is 12.7. The standard InChI is InChI=1S/C22H29FN2O/c1-2-19-4-3-5-22(23)21(19)15-24-14-17-6-8-18(9-7-17)16-25-12-10-20(26)11-13-25/h3-9,20,24,26H,2,10-16H2,1H3. The topological polar surface area (TPSA) is 35.5 Å². The zero-order valence-corrected chi connectivity index (χ0v) is 15.5. The SMILES string of the molecule is CCc1cccc(F)c1CNCc1ccc(CN2CCC(O)CC2)cc1. The quantitative estimate of drug-likeness (QED) is 0.795. The minimum absolute atomic E-state index is 0.123. The van der Waals surface area contributed by atoms with Crippen molar-refractivity contribution in [1.29, 1.82) is 0 Å². The van der Waals surface area contributed by atoms with Crippen LogP contribution in [0.15, 0.2) is 42.5 Å². The molecule has 0 unspecified atom stereocenters. The smallest absolute Gasteiger partial charge is 0.127 e. The summed E-state index contributed by atoms with van der Waals surface area (Å²) >= 11 is 0. The Morgan fingerprint density at radius 2 is 1.73 bits per heavy atom. The molecule has 0 bridgehead atoms. The number of rotatable bonds is 7. The van der Waals surface area contributed by atoms with Gasteiger partial charge in [0.2, 0.25) is 0 Å². The summed E-state index contributed by atoms with van der Waals surface area (Å²) in [5, 5.41) is 12.9. The second-order valence-electron chi connectivity index (χ2n) is 7.16. The van der Waals surface area contributed by atoms with Crippen molar-refractivity contribution in [3.05, 3.63) is 70.5 Å². The molecule has 0 amide bonds. The van der Waals surface area contributed by atoms with Gasteiger partial charge in [0.25, 0.3) is 0 Å². The predicted octanol–water partition coefficient (Wildman–Crippen LogP) is 3.63. The number of aliphatic hydroxyl groups excluding tert-OH is 1. The number of hydrogen-bond acceptors (Lipinski definition) is 3. The van der Waals surface area contributed by atoms with E-state index in [1.807, 2.05) is 6.07 Å². The van der Waals surface area contributed by atoms with Crippen LogP contribution in [-0.2, 0) is 26.1 Å². The van der Waals surface area contributed by atoms with E-state index >= 15 is 0 Å². The summed E-state index contributed by atoms with van der Waals surface area (Å²) in [7, 11) is 0. The van der Waals surface area contributed by atoms with Crippen LogP contribution in [0.3, 0.4) is 0 Å². The minimum Gasteiger partial charge on any atom is -0.393 e. The number of likely N-dealkylation sites (tertiary alicyclic amines) is 1. The van der Waals surface area contributed by atoms with Gasteiger partial charge in [-0.3, -0.25) is 4.90 Å². The minimum atomic E-state index is -0.126. The van der Waals surface area contributed by atoms with Gasteiger partial charge in [-0.05, 0) is 42.0 Å². The van der Waals surface area contributed by atoms with E-state index in [0.29, 0.717) is 6.54 Å². The lowest BCUT2D eigenvalue weighted by molar-refractivity contribution is 0.0792. The Morgan fingerprint density at radius 3 is 2.42 bits per heavy atom. The number of aliphatic hydroxyl groups is 1. The lowest BCUT2D eigenvalue weighted by Gasteiger charge is -2.29. The number of aryl methyl sites for hydroxylation is 1. The lowest BCUT2D eigenvalue weighted by atomic mass is 10.0. The first-order valence-electron chi connectivity index (χ1n) is 9.61. The van der Waals surface area contributed by atoms with E-state index < -0.39 is 0 Å². The van der Waals surface area contributed by atoms with Crippen molar-refractivity contribution in [2.24, 2.45) is 0 Å². The van der Waals surface area contributed by atoms with Crippen LogP contribution >= 0.6 is 0 Å². The van der Waals surface area contributed by atoms with Crippen molar-refractivity contribution in [2.45, 2.75) is 51.9 Å². The molecule has 1 heterocycles. The summed E-state index contributed by atoms with van der Waals surface area (Å²) in [6.45, 7) is 6.21. The van der Waals surface area contributed by atoms with Gasteiger partial charge in [0.1, 0.15) is 5.82 Å². The fourth-order valence-corrected chi connectivity index (χ4v) is 3.56. The number of nitrogens with one attached hydrogen (secondary N) is 1. The van der Waals surface area contributed by atoms with E-state index in [9.17, 15) is 9.50 Å². The molecule has 3 rings (SSSR count). The Hall–Kier alpha value is -1.75. The Kier molecular flexibility index (Phi) is 6.78. The Bertz CT molecular complexity index is 694. The van der Waals surface area contributed by atoms with Gasteiger partial charge < -0.3 is 10.4 Å². The number of benzene rings is 2. The summed E-state index contributed by atoms with van der Waals surface area (Å²) in [6, 6.07) is 13.9. The summed E-state index contributed by atoms with van der Waals surface area (Å²) in [6.07, 6.45) is 2.47. The van der Waals surface area contributed by atoms with Crippen LogP contribution in [0.25, 0.3) is 0 Å². The van der Waals surface area contributed by atoms with Gasteiger partial charge in [0.15, 0.2) is 0 Å². The van der Waals surface area contributed by atoms with E-state index in [1.54, 1.807) is 6.07 Å². The van der Waals surface area contributed by atoms with Gasteiger partial charge in [-0.1, -0.05) is 43.3 Å². The van der Waals surface area contributed by atoms with Crippen LogP contribution in [0.5, 0.6) is 0 Å². The highest BCUT2D eigenvalue weighted by Crippen LogP contribution is 2.16. The number of nitrogens with zero attached hydrogens (tertiary/aromatic N) is 1. The first kappa shape index (κ1) is 19.0. The van der Waals surface area contributed by atoms with E-state index in [1.165, 1.54) is 17.2 Å². The molecule has 1 aliphatic heterocycles. The lowest BCUT2D eigenvalue weighted by Crippen LogP contribution is -2.35. The molecule has 140 valence electrons. The molecule has 0 atom stereocenters. The van der Waals surface area contributed by atoms with Gasteiger partial charge in [0, 0.05) is 38.3 Å². The molecule has 1 fully saturated rings. The molecule has 1 aliphatic rings. The third kappa shape index (κ3) is 5.13. The Morgan fingerprint density at radius 1 is 1.04 bits per heavy atom. The van der Waals surface area contributed by atoms with Crippen LogP contribution in [-0.4, -0.2) is 29.2 Å². The molecule has 26 heavy (non-hydrogen) atoms. The summed E-state index contributed by atoms with van der Waals surface area (Å²) in [4.78, 5) is 2.39. The average Bonchev–Trinajstić information content (AvgIpc) is 2.66. The summed E-state index contributed by atoms with van der Waals surface area (Å²) in [5.41, 5.74) is 4.35. The molecule has 0 radical (unpaired) electrons. The largest absolute Gasteiger partial charge is 0.393 e. The molecule has 0 aliphatic carbocycles. The van der Waals surface area contributed by atoms with Gasteiger partial charge in [-0.2, -0.15) is 0 Å². The molecule has 2 aromatic rings. The summed E-state index contributed by atoms with van der Waals surface area (Å²) < 4.78 is 14.0. The van der Waals surface area contributed by atoms with Crippen molar-refractivity contribution in [2.75, 3.05) is 13.1 Å². The van der Waals surface area contributed by atoms with Gasteiger partial charge in [0.05, 0.1) is 6.10 Å². The Labute approximate surface area is 155 Å². The number of piperidine rings is 1. The molecule has 0 aromatic heterocycles. The van der Waals surface area contributed by atoms with Crippen LogP contribution in [0.4, 0.5) is 4.39 Å². The maximum atomic E-state index is 14.0. The highest BCUT2D eigenvalue weighted by molar-refractivity contribution is 5.29. The zero-order valence-electron chi connectivity index (χ0n) is 15.5. The second-order valence-corrected chi connectivity index (χ2v) is 7.16. The van der Waals surface area contributed by atoms with Crippen molar-refractivity contribution < 1.29 is 9.50 Å². The number of hydrogen-bond donors (Lipinski definition) is 2. The fraction of sp³-hybridized carbons (Fsp3) is 0.455. The monoisotopic (exact) mass is 356 g/mol. The van der Waals surface area contributed by atoms with Gasteiger partial charge in [-0.15, -0.1) is 0 Å². The molecular formula is C22H29FN2O. The second kappa shape index (κ2) is 9.26. The molecule has 2 aromatic carbocycles. The van der Waals surface area contributed by atoms with E-state index in [4.69, 9.17) is 0 Å². The molecule has 0 saturated carbocycles. The van der Waals surface area contributed by atoms with E-state index in [2.05, 4.69) is 41.4 Å². The maximum Gasteiger partial charge on any atom is 0.127 e. The van der Waals surface area contributed by atoms with Crippen molar-refractivity contribution in [3.63, 3.8) is 0 Å². The van der Waals surface area contributed by atoms with Crippen LogP contribution in [0, 0.1) is 5.82 Å². The highest BCUT2D eigenvalue weighted by Gasteiger charge is 2.16. The molecule has 2 N–H and O–H groups in total. The molecule has 0 spiro atoms. The molecular weight excluding hydrogens is 327 g/mol. The molecule has 1 saturated heterocycles. The molecule has 3 nitrogen and oxygen atoms in total. The Balaban J connectivity index is 1.49. The van der Waals surface area contributed by atoms with Crippen LogP contribution in [0.1, 0.15) is 42.0 Å². The number of halogens is 1. The van der Waals surface area contributed by atoms with E-state index in [-0.39, 0.29) is 11.9 Å². The van der Waals surface area contributed by atoms with Crippen molar-refractivity contribution >= 4 is 0 Å². The summed E-state index contributed by atoms with van der Waals surface area (Å²) in [5.74, 6) is -0.126. The highest BCUT2D eigenvalue weighted by atomic mass is 19.1. The average molecular weight is 356 g/mol. The third-order valence-electron chi connectivity index (χ3n) is 5.21. The third-order valence-corrected chi connectivity index (χ3v) is 5.21. The first-order valence-corrected chi connectivity index (χ1v) is 9.61. The maximum absolute atomic E-state index is 14.0. The van der Waals surface area contributed by atoms with Gasteiger partial charge in [-0.25, -0.2) is 4.39 Å².